The van der Waals surface area contributed by atoms with Crippen molar-refractivity contribution < 1.29 is 29.0 Å². The second kappa shape index (κ2) is 9.81. The first kappa shape index (κ1) is 21.3. The second-order valence-corrected chi connectivity index (χ2v) is 6.41. The summed E-state index contributed by atoms with van der Waals surface area (Å²) in [5, 5.41) is 27.5. The number of amides is 4. The number of anilines is 1. The maximum absolute atomic E-state index is 13.2. The van der Waals surface area contributed by atoms with Gasteiger partial charge in [-0.05, 0) is 24.6 Å². The predicted molar refractivity (Wildman–Crippen MR) is 98.5 cm³/mol. The van der Waals surface area contributed by atoms with Gasteiger partial charge < -0.3 is 31.9 Å². The summed E-state index contributed by atoms with van der Waals surface area (Å²) in [4.78, 5) is 35.0. The molecule has 0 aliphatic heterocycles. The third-order valence-electron chi connectivity index (χ3n) is 4.13. The molecule has 0 aromatic heterocycles. The van der Waals surface area contributed by atoms with Crippen LogP contribution in [0, 0.1) is 5.82 Å². The smallest absolute Gasteiger partial charge is 0.319 e. The fourth-order valence-electron chi connectivity index (χ4n) is 2.73. The largest absolute Gasteiger partial charge is 0.390 e. The number of primary amides is 1. The van der Waals surface area contributed by atoms with E-state index in [4.69, 9.17) is 5.73 Å². The van der Waals surface area contributed by atoms with Crippen LogP contribution in [0.5, 0.6) is 0 Å². The number of nitrogens with two attached hydrogens (primary N) is 1. The monoisotopic (exact) mass is 394 g/mol. The first-order valence-electron chi connectivity index (χ1n) is 8.72. The van der Waals surface area contributed by atoms with Crippen molar-refractivity contribution >= 4 is 23.5 Å². The average Bonchev–Trinajstić information content (AvgIpc) is 2.62. The molecule has 0 saturated carbocycles. The van der Waals surface area contributed by atoms with Crippen LogP contribution in [0.2, 0.25) is 0 Å². The molecule has 0 saturated heterocycles. The summed E-state index contributed by atoms with van der Waals surface area (Å²) in [6, 6.07) is 3.48. The molecule has 0 spiro atoms. The molecule has 7 N–H and O–H groups in total. The van der Waals surface area contributed by atoms with E-state index < -0.39 is 41.9 Å². The minimum absolute atomic E-state index is 0.0908. The number of hydrogen-bond acceptors (Lipinski definition) is 5. The molecule has 4 amide bonds. The minimum Gasteiger partial charge on any atom is -0.390 e. The molecule has 1 aromatic carbocycles. The standard InChI is InChI=1S/C18H23FN4O5/c19-11-3-1-4-12(9-11)22-18(28)23-13-7-10(8-14(24)16(13)26)17(27)21-6-2-5-15(20)25/h1,3-4,7,9,13-14,16,24,26H,2,5-6,8H2,(H2,20,25)(H,21,27)(H2,22,23,28)/t13-,14+,16+/m0/s1. The van der Waals surface area contributed by atoms with Gasteiger partial charge >= 0.3 is 6.03 Å². The summed E-state index contributed by atoms with van der Waals surface area (Å²) in [7, 11) is 0. The van der Waals surface area contributed by atoms with Crippen molar-refractivity contribution in [3.8, 4) is 0 Å². The van der Waals surface area contributed by atoms with Gasteiger partial charge in [0.25, 0.3) is 0 Å². The van der Waals surface area contributed by atoms with Crippen LogP contribution in [0.3, 0.4) is 0 Å². The highest BCUT2D eigenvalue weighted by Crippen LogP contribution is 2.20. The normalized spacial score (nSPS) is 21.4. The number of halogens is 1. The van der Waals surface area contributed by atoms with Gasteiger partial charge in [-0.15, -0.1) is 0 Å². The number of urea groups is 1. The molecule has 0 heterocycles. The highest BCUT2D eigenvalue weighted by Gasteiger charge is 2.33. The molecule has 152 valence electrons. The Balaban J connectivity index is 1.97. The molecule has 10 heteroatoms. The van der Waals surface area contributed by atoms with Crippen molar-refractivity contribution in [3.63, 3.8) is 0 Å². The van der Waals surface area contributed by atoms with Gasteiger partial charge in [0.1, 0.15) is 11.9 Å². The highest BCUT2D eigenvalue weighted by molar-refractivity contribution is 5.94. The number of benzene rings is 1. The quantitative estimate of drug-likeness (QED) is 0.352. The molecule has 9 nitrogen and oxygen atoms in total. The van der Waals surface area contributed by atoms with Crippen molar-refractivity contribution in [1.29, 1.82) is 0 Å². The van der Waals surface area contributed by atoms with Crippen LogP contribution < -0.4 is 21.7 Å². The predicted octanol–water partition coefficient (Wildman–Crippen LogP) is -0.251. The summed E-state index contributed by atoms with van der Waals surface area (Å²) in [6.07, 6.45) is -0.804. The van der Waals surface area contributed by atoms with Crippen LogP contribution >= 0.6 is 0 Å². The topological polar surface area (TPSA) is 154 Å². The maximum Gasteiger partial charge on any atom is 0.319 e. The fraction of sp³-hybridized carbons (Fsp3) is 0.389. The lowest BCUT2D eigenvalue weighted by Crippen LogP contribution is -2.52. The molecule has 3 atom stereocenters. The van der Waals surface area contributed by atoms with Crippen LogP contribution in [-0.2, 0) is 9.59 Å². The zero-order valence-corrected chi connectivity index (χ0v) is 15.0. The molecule has 1 aromatic rings. The van der Waals surface area contributed by atoms with Crippen LogP contribution in [-0.4, -0.2) is 52.9 Å². The lowest BCUT2D eigenvalue weighted by molar-refractivity contribution is -0.120. The van der Waals surface area contributed by atoms with E-state index in [-0.39, 0.29) is 30.6 Å². The average molecular weight is 394 g/mol. The molecule has 1 aliphatic rings. The van der Waals surface area contributed by atoms with Gasteiger partial charge in [-0.25, -0.2) is 9.18 Å². The highest BCUT2D eigenvalue weighted by atomic mass is 19.1. The van der Waals surface area contributed by atoms with E-state index in [1.165, 1.54) is 24.3 Å². The molecule has 0 unspecified atom stereocenters. The number of aliphatic hydroxyl groups excluding tert-OH is 2. The maximum atomic E-state index is 13.2. The van der Waals surface area contributed by atoms with Gasteiger partial charge in [-0.3, -0.25) is 9.59 Å². The Morgan fingerprint density at radius 1 is 1.25 bits per heavy atom. The third-order valence-corrected chi connectivity index (χ3v) is 4.13. The zero-order chi connectivity index (χ0) is 20.7. The molecule has 0 radical (unpaired) electrons. The zero-order valence-electron chi connectivity index (χ0n) is 15.0. The summed E-state index contributed by atoms with van der Waals surface area (Å²) in [6.45, 7) is 0.218. The minimum atomic E-state index is -1.32. The van der Waals surface area contributed by atoms with Crippen molar-refractivity contribution in [1.82, 2.24) is 10.6 Å². The Kier molecular flexibility index (Phi) is 7.47. The first-order valence-corrected chi connectivity index (χ1v) is 8.72. The van der Waals surface area contributed by atoms with Crippen molar-refractivity contribution in [2.75, 3.05) is 11.9 Å². The van der Waals surface area contributed by atoms with E-state index in [1.807, 2.05) is 0 Å². The van der Waals surface area contributed by atoms with Gasteiger partial charge in [0, 0.05) is 30.6 Å². The van der Waals surface area contributed by atoms with Gasteiger partial charge in [0.2, 0.25) is 11.8 Å². The molecular weight excluding hydrogens is 371 g/mol. The van der Waals surface area contributed by atoms with E-state index in [1.54, 1.807) is 0 Å². The van der Waals surface area contributed by atoms with Crippen molar-refractivity contribution in [3.05, 3.63) is 41.7 Å². The Labute approximate surface area is 160 Å². The fourth-order valence-corrected chi connectivity index (χ4v) is 2.73. The summed E-state index contributed by atoms with van der Waals surface area (Å²) < 4.78 is 13.2. The summed E-state index contributed by atoms with van der Waals surface area (Å²) in [5.74, 6) is -1.48. The number of aliphatic hydroxyl groups is 2. The Hall–Kier alpha value is -2.98. The number of hydrogen-bond donors (Lipinski definition) is 6. The van der Waals surface area contributed by atoms with E-state index in [9.17, 15) is 29.0 Å². The van der Waals surface area contributed by atoms with Crippen LogP contribution in [0.25, 0.3) is 0 Å². The van der Waals surface area contributed by atoms with E-state index in [0.29, 0.717) is 6.42 Å². The molecular formula is C18H23FN4O5. The van der Waals surface area contributed by atoms with Gasteiger partial charge in [0.05, 0.1) is 12.1 Å². The lowest BCUT2D eigenvalue weighted by atomic mass is 9.90. The molecule has 28 heavy (non-hydrogen) atoms. The van der Waals surface area contributed by atoms with Gasteiger partial charge in [0.15, 0.2) is 0 Å². The summed E-state index contributed by atoms with van der Waals surface area (Å²) >= 11 is 0. The summed E-state index contributed by atoms with van der Waals surface area (Å²) in [5.41, 5.74) is 5.42. The van der Waals surface area contributed by atoms with Crippen molar-refractivity contribution in [2.24, 2.45) is 5.73 Å². The number of carbonyl (C=O) groups is 3. The first-order chi connectivity index (χ1) is 13.3. The van der Waals surface area contributed by atoms with Gasteiger partial charge in [-0.1, -0.05) is 12.1 Å². The van der Waals surface area contributed by atoms with Crippen molar-refractivity contribution in [2.45, 2.75) is 37.5 Å². The Morgan fingerprint density at radius 2 is 2.00 bits per heavy atom. The second-order valence-electron chi connectivity index (χ2n) is 6.41. The number of carbonyl (C=O) groups excluding carboxylic acids is 3. The third kappa shape index (κ3) is 6.32. The molecule has 0 bridgehead atoms. The van der Waals surface area contributed by atoms with E-state index >= 15 is 0 Å². The lowest BCUT2D eigenvalue weighted by Gasteiger charge is -2.31. The SMILES string of the molecule is NC(=O)CCCNC(=O)C1=C[C@H](NC(=O)Nc2cccc(F)c2)[C@@H](O)[C@H](O)C1. The molecule has 0 fully saturated rings. The van der Waals surface area contributed by atoms with Crippen LogP contribution in [0.4, 0.5) is 14.9 Å². The molecule has 1 aliphatic carbocycles. The number of rotatable bonds is 7. The van der Waals surface area contributed by atoms with Crippen LogP contribution in [0.15, 0.2) is 35.9 Å². The van der Waals surface area contributed by atoms with Crippen LogP contribution in [0.1, 0.15) is 19.3 Å². The van der Waals surface area contributed by atoms with E-state index in [0.717, 1.165) is 6.07 Å². The molecule has 2 rings (SSSR count). The van der Waals surface area contributed by atoms with E-state index in [2.05, 4.69) is 16.0 Å². The number of nitrogens with one attached hydrogen (secondary N) is 3. The Bertz CT molecular complexity index is 770. The van der Waals surface area contributed by atoms with Gasteiger partial charge in [-0.2, -0.15) is 0 Å². The Morgan fingerprint density at radius 3 is 2.68 bits per heavy atom.